The first-order valence-electron chi connectivity index (χ1n) is 5.17. The van der Waals surface area contributed by atoms with Gasteiger partial charge in [0.2, 0.25) is 10.6 Å². The molecule has 0 N–H and O–H groups in total. The van der Waals surface area contributed by atoms with Crippen LogP contribution in [0.25, 0.3) is 10.9 Å². The van der Waals surface area contributed by atoms with Gasteiger partial charge in [0, 0.05) is 5.39 Å². The third-order valence-electron chi connectivity index (χ3n) is 2.25. The van der Waals surface area contributed by atoms with Crippen molar-refractivity contribution in [3.05, 3.63) is 41.2 Å². The Morgan fingerprint density at radius 1 is 0.895 bits per heavy atom. The third kappa shape index (κ3) is 2.75. The summed E-state index contributed by atoms with van der Waals surface area (Å²) in [5.41, 5.74) is 0.853. The normalized spacial score (nSPS) is 10.8. The zero-order valence-corrected chi connectivity index (χ0v) is 11.6. The van der Waals surface area contributed by atoms with Gasteiger partial charge in [0.15, 0.2) is 5.16 Å². The topological polar surface area (TPSA) is 64.5 Å². The summed E-state index contributed by atoms with van der Waals surface area (Å²) in [6.45, 7) is 0. The van der Waals surface area contributed by atoms with E-state index in [1.165, 1.54) is 18.1 Å². The van der Waals surface area contributed by atoms with E-state index in [1.807, 2.05) is 24.3 Å². The zero-order valence-electron chi connectivity index (χ0n) is 9.29. The standard InChI is InChI=1S/C11H5Cl2N5S/c12-9-16-10(13)18-11(17-9)19-8-6-3-1-2-4-7(6)14-5-15-8/h1-5H. The predicted molar refractivity (Wildman–Crippen MR) is 73.5 cm³/mol. The average Bonchev–Trinajstić information content (AvgIpc) is 2.38. The fraction of sp³-hybridized carbons (Fsp3) is 0. The van der Waals surface area contributed by atoms with Crippen molar-refractivity contribution in [2.24, 2.45) is 0 Å². The molecule has 3 aromatic rings. The summed E-state index contributed by atoms with van der Waals surface area (Å²) < 4.78 is 0. The fourth-order valence-corrected chi connectivity index (χ4v) is 2.79. The molecule has 19 heavy (non-hydrogen) atoms. The second-order valence-electron chi connectivity index (χ2n) is 3.45. The van der Waals surface area contributed by atoms with Crippen LogP contribution < -0.4 is 0 Å². The molecule has 0 amide bonds. The Balaban J connectivity index is 2.05. The number of rotatable bonds is 2. The van der Waals surface area contributed by atoms with Gasteiger partial charge in [-0.25, -0.2) is 9.97 Å². The lowest BCUT2D eigenvalue weighted by molar-refractivity contribution is 0.901. The fourth-order valence-electron chi connectivity index (χ4n) is 1.50. The zero-order chi connectivity index (χ0) is 13.2. The number of hydrogen-bond donors (Lipinski definition) is 0. The molecule has 0 aliphatic carbocycles. The number of para-hydroxylation sites is 1. The van der Waals surface area contributed by atoms with Gasteiger partial charge in [0.25, 0.3) is 0 Å². The molecule has 2 heterocycles. The largest absolute Gasteiger partial charge is 0.236 e. The number of aromatic nitrogens is 5. The molecule has 0 radical (unpaired) electrons. The van der Waals surface area contributed by atoms with Crippen molar-refractivity contribution < 1.29 is 0 Å². The van der Waals surface area contributed by atoms with E-state index < -0.39 is 0 Å². The average molecular weight is 310 g/mol. The highest BCUT2D eigenvalue weighted by Crippen LogP contribution is 2.29. The van der Waals surface area contributed by atoms with Gasteiger partial charge in [-0.3, -0.25) is 0 Å². The summed E-state index contributed by atoms with van der Waals surface area (Å²) >= 11 is 12.7. The molecule has 8 heteroatoms. The van der Waals surface area contributed by atoms with Crippen molar-refractivity contribution in [2.45, 2.75) is 10.2 Å². The second-order valence-corrected chi connectivity index (χ2v) is 5.09. The molecule has 0 spiro atoms. The Labute approximate surface area is 122 Å². The molecule has 0 aliphatic heterocycles. The Hall–Kier alpha value is -1.50. The molecule has 0 saturated carbocycles. The van der Waals surface area contributed by atoms with E-state index in [0.717, 1.165) is 15.9 Å². The van der Waals surface area contributed by atoms with Crippen LogP contribution in [0.15, 0.2) is 40.8 Å². The Bertz CT molecular complexity index is 726. The van der Waals surface area contributed by atoms with E-state index in [-0.39, 0.29) is 10.6 Å². The Morgan fingerprint density at radius 3 is 2.42 bits per heavy atom. The van der Waals surface area contributed by atoms with Crippen LogP contribution in [0.3, 0.4) is 0 Å². The van der Waals surface area contributed by atoms with E-state index in [1.54, 1.807) is 0 Å². The maximum atomic E-state index is 5.74. The molecule has 1 aromatic carbocycles. The van der Waals surface area contributed by atoms with Crippen molar-refractivity contribution in [1.82, 2.24) is 24.9 Å². The van der Waals surface area contributed by atoms with E-state index in [2.05, 4.69) is 24.9 Å². The maximum absolute atomic E-state index is 5.74. The van der Waals surface area contributed by atoms with E-state index in [4.69, 9.17) is 23.2 Å². The number of halogens is 2. The van der Waals surface area contributed by atoms with Crippen LogP contribution in [0.1, 0.15) is 0 Å². The monoisotopic (exact) mass is 309 g/mol. The Kier molecular flexibility index (Phi) is 3.46. The SMILES string of the molecule is Clc1nc(Cl)nc(Sc2ncnc3ccccc23)n1. The van der Waals surface area contributed by atoms with Crippen LogP contribution in [0, 0.1) is 0 Å². The first kappa shape index (κ1) is 12.5. The van der Waals surface area contributed by atoms with Crippen molar-refractivity contribution in [3.8, 4) is 0 Å². The minimum Gasteiger partial charge on any atom is -0.236 e. The van der Waals surface area contributed by atoms with Gasteiger partial charge in [-0.1, -0.05) is 18.2 Å². The summed E-state index contributed by atoms with van der Waals surface area (Å²) in [6.07, 6.45) is 1.50. The summed E-state index contributed by atoms with van der Waals surface area (Å²) in [4.78, 5) is 20.1. The number of hydrogen-bond acceptors (Lipinski definition) is 6. The molecule has 0 aliphatic rings. The summed E-state index contributed by atoms with van der Waals surface area (Å²) in [7, 11) is 0. The Morgan fingerprint density at radius 2 is 1.63 bits per heavy atom. The molecule has 0 bridgehead atoms. The highest BCUT2D eigenvalue weighted by atomic mass is 35.5. The minimum absolute atomic E-state index is 0.0564. The lowest BCUT2D eigenvalue weighted by atomic mass is 10.2. The van der Waals surface area contributed by atoms with Gasteiger partial charge >= 0.3 is 0 Å². The number of nitrogens with zero attached hydrogens (tertiary/aromatic N) is 5. The summed E-state index contributed by atoms with van der Waals surface area (Å²) in [5, 5.41) is 2.17. The van der Waals surface area contributed by atoms with Crippen molar-refractivity contribution in [3.63, 3.8) is 0 Å². The molecule has 5 nitrogen and oxygen atoms in total. The summed E-state index contributed by atoms with van der Waals surface area (Å²) in [5.74, 6) is 0. The molecule has 94 valence electrons. The first-order chi connectivity index (χ1) is 9.22. The van der Waals surface area contributed by atoms with Gasteiger partial charge in [-0.2, -0.15) is 15.0 Å². The lowest BCUT2D eigenvalue weighted by Crippen LogP contribution is -1.93. The van der Waals surface area contributed by atoms with E-state index in [9.17, 15) is 0 Å². The van der Waals surface area contributed by atoms with Crippen LogP contribution in [-0.4, -0.2) is 24.9 Å². The third-order valence-corrected chi connectivity index (χ3v) is 3.48. The van der Waals surface area contributed by atoms with Gasteiger partial charge in [0.1, 0.15) is 11.4 Å². The number of benzene rings is 1. The van der Waals surface area contributed by atoms with Crippen LogP contribution >= 0.6 is 35.0 Å². The maximum Gasteiger partial charge on any atom is 0.227 e. The minimum atomic E-state index is 0.0564. The highest BCUT2D eigenvalue weighted by molar-refractivity contribution is 7.99. The smallest absolute Gasteiger partial charge is 0.227 e. The molecule has 0 saturated heterocycles. The van der Waals surface area contributed by atoms with E-state index >= 15 is 0 Å². The van der Waals surface area contributed by atoms with Crippen molar-refractivity contribution in [1.29, 1.82) is 0 Å². The van der Waals surface area contributed by atoms with Gasteiger partial charge in [0.05, 0.1) is 5.52 Å². The highest BCUT2D eigenvalue weighted by Gasteiger charge is 2.09. The van der Waals surface area contributed by atoms with Crippen LogP contribution in [0.5, 0.6) is 0 Å². The predicted octanol–water partition coefficient (Wildman–Crippen LogP) is 3.27. The van der Waals surface area contributed by atoms with Crippen LogP contribution in [0.4, 0.5) is 0 Å². The van der Waals surface area contributed by atoms with E-state index in [0.29, 0.717) is 5.16 Å². The molecule has 2 aromatic heterocycles. The van der Waals surface area contributed by atoms with Gasteiger partial charge < -0.3 is 0 Å². The quantitative estimate of drug-likeness (QED) is 0.677. The second kappa shape index (κ2) is 5.24. The van der Waals surface area contributed by atoms with Crippen LogP contribution in [-0.2, 0) is 0 Å². The number of fused-ring (bicyclic) bond motifs is 1. The van der Waals surface area contributed by atoms with Gasteiger partial charge in [-0.05, 0) is 41.0 Å². The van der Waals surface area contributed by atoms with Gasteiger partial charge in [-0.15, -0.1) is 0 Å². The summed E-state index contributed by atoms with van der Waals surface area (Å²) in [6, 6.07) is 7.68. The molecule has 0 fully saturated rings. The van der Waals surface area contributed by atoms with Crippen molar-refractivity contribution in [2.75, 3.05) is 0 Å². The first-order valence-corrected chi connectivity index (χ1v) is 6.74. The molecule has 0 atom stereocenters. The molecule has 3 rings (SSSR count). The molecular weight excluding hydrogens is 305 g/mol. The van der Waals surface area contributed by atoms with Crippen LogP contribution in [0.2, 0.25) is 10.6 Å². The van der Waals surface area contributed by atoms with Crippen molar-refractivity contribution >= 4 is 45.9 Å². The molecular formula is C11H5Cl2N5S. The lowest BCUT2D eigenvalue weighted by Gasteiger charge is -2.03. The molecule has 0 unspecified atom stereocenters.